The number of benzene rings is 1. The third-order valence-corrected chi connectivity index (χ3v) is 5.44. The fourth-order valence-corrected chi connectivity index (χ4v) is 3.69. The van der Waals surface area contributed by atoms with E-state index in [2.05, 4.69) is 20.6 Å². The summed E-state index contributed by atoms with van der Waals surface area (Å²) in [6.07, 6.45) is 0. The number of halogens is 1. The molecule has 0 saturated carbocycles. The van der Waals surface area contributed by atoms with Gasteiger partial charge in [-0.3, -0.25) is 9.59 Å². The van der Waals surface area contributed by atoms with Gasteiger partial charge in [-0.05, 0) is 19.1 Å². The molecule has 34 heavy (non-hydrogen) atoms. The monoisotopic (exact) mass is 491 g/mol. The highest BCUT2D eigenvalue weighted by Gasteiger charge is 2.27. The van der Waals surface area contributed by atoms with E-state index >= 15 is 0 Å². The van der Waals surface area contributed by atoms with E-state index < -0.39 is 5.91 Å². The fourth-order valence-electron chi connectivity index (χ4n) is 3.56. The number of nitrogen functional groups attached to an aromatic ring is 2. The number of aryl methyl sites for hydroxylation is 1. The van der Waals surface area contributed by atoms with Crippen LogP contribution in [0.4, 0.5) is 11.6 Å². The van der Waals surface area contributed by atoms with Crippen LogP contribution in [0.2, 0.25) is 5.15 Å². The van der Waals surface area contributed by atoms with E-state index in [1.54, 1.807) is 14.2 Å². The number of hydrogen-bond acceptors (Lipinski definition) is 8. The van der Waals surface area contributed by atoms with E-state index in [9.17, 15) is 9.59 Å². The molecule has 0 radical (unpaired) electrons. The van der Waals surface area contributed by atoms with Crippen molar-refractivity contribution in [3.8, 4) is 5.75 Å². The molecular weight excluding hydrogens is 464 g/mol. The van der Waals surface area contributed by atoms with Crippen molar-refractivity contribution in [2.24, 2.45) is 0 Å². The maximum atomic E-state index is 12.8. The molecule has 0 atom stereocenters. The third kappa shape index (κ3) is 5.29. The lowest BCUT2D eigenvalue weighted by Crippen LogP contribution is -2.47. The average Bonchev–Trinajstić information content (AvgIpc) is 3.11. The quantitative estimate of drug-likeness (QED) is 0.232. The van der Waals surface area contributed by atoms with Crippen LogP contribution in [-0.4, -0.2) is 53.7 Å². The van der Waals surface area contributed by atoms with Crippen molar-refractivity contribution < 1.29 is 23.6 Å². The van der Waals surface area contributed by atoms with E-state index in [0.717, 1.165) is 11.0 Å². The summed E-state index contributed by atoms with van der Waals surface area (Å²) in [6.45, 7) is 3.47. The highest BCUT2D eigenvalue weighted by molar-refractivity contribution is 6.31. The maximum absolute atomic E-state index is 12.8. The largest absolute Gasteiger partial charge is 0.497 e. The molecule has 0 unspecified atom stereocenters. The van der Waals surface area contributed by atoms with Crippen LogP contribution in [-0.2, 0) is 29.2 Å². The number of fused-ring (bicyclic) bond motifs is 1. The molecule has 1 aromatic carbocycles. The standard InChI is InChI=1S/C21H27ClN8O4/c1-4-29-14-9-12(34-3)5-6-13(14)30(11-15(31)25-7-8-33-2)16(29)10-26-21(32)17-19(23)28-20(24)18(22)27-17/h5-6,9H,4,7-8,10-11H2,1-3H3,(H5-,23,24,25,26,28,31,32)/p+1. The molecule has 0 aliphatic carbocycles. The lowest BCUT2D eigenvalue weighted by Gasteiger charge is -2.09. The number of ether oxygens (including phenoxy) is 2. The van der Waals surface area contributed by atoms with E-state index in [4.69, 9.17) is 32.5 Å². The number of hydrogen-bond donors (Lipinski definition) is 4. The van der Waals surface area contributed by atoms with Gasteiger partial charge in [0.15, 0.2) is 40.1 Å². The second-order valence-corrected chi connectivity index (χ2v) is 7.62. The Labute approximate surface area is 201 Å². The third-order valence-electron chi connectivity index (χ3n) is 5.16. The number of carbonyl (C=O) groups excluding carboxylic acids is 2. The highest BCUT2D eigenvalue weighted by Crippen LogP contribution is 2.22. The minimum atomic E-state index is -0.575. The number of carbonyl (C=O) groups is 2. The normalized spacial score (nSPS) is 10.9. The number of methoxy groups -OCH3 is 2. The number of rotatable bonds is 10. The molecule has 2 heterocycles. The average molecular weight is 492 g/mol. The number of nitrogens with zero attached hydrogens (tertiary/aromatic N) is 4. The molecule has 12 nitrogen and oxygen atoms in total. The predicted octanol–water partition coefficient (Wildman–Crippen LogP) is 0.258. The summed E-state index contributed by atoms with van der Waals surface area (Å²) in [5, 5.41) is 5.49. The molecule has 13 heteroatoms. The number of aromatic nitrogens is 4. The Morgan fingerprint density at radius 1 is 1.18 bits per heavy atom. The number of nitrogens with one attached hydrogen (secondary N) is 2. The Morgan fingerprint density at radius 3 is 2.62 bits per heavy atom. The summed E-state index contributed by atoms with van der Waals surface area (Å²) in [5.41, 5.74) is 12.9. The van der Waals surface area contributed by atoms with E-state index in [1.165, 1.54) is 0 Å². The van der Waals surface area contributed by atoms with Crippen LogP contribution < -0.4 is 31.4 Å². The van der Waals surface area contributed by atoms with Gasteiger partial charge in [0.1, 0.15) is 12.3 Å². The minimum Gasteiger partial charge on any atom is -0.497 e. The van der Waals surface area contributed by atoms with Crippen molar-refractivity contribution in [2.75, 3.05) is 38.8 Å². The Morgan fingerprint density at radius 2 is 1.94 bits per heavy atom. The van der Waals surface area contributed by atoms with E-state index in [-0.39, 0.29) is 41.5 Å². The smallest absolute Gasteiger partial charge is 0.277 e. The first-order chi connectivity index (χ1) is 16.3. The van der Waals surface area contributed by atoms with Gasteiger partial charge in [0.05, 0.1) is 20.3 Å². The van der Waals surface area contributed by atoms with E-state index in [1.807, 2.05) is 34.3 Å². The molecule has 2 aromatic heterocycles. The first-order valence-electron chi connectivity index (χ1n) is 10.5. The van der Waals surface area contributed by atoms with Crippen LogP contribution in [0.1, 0.15) is 23.2 Å². The first kappa shape index (κ1) is 25.0. The molecule has 3 rings (SSSR count). The van der Waals surface area contributed by atoms with Crippen molar-refractivity contribution >= 4 is 46.1 Å². The van der Waals surface area contributed by atoms with Gasteiger partial charge in [-0.2, -0.15) is 0 Å². The molecule has 3 aromatic rings. The molecule has 2 amide bonds. The van der Waals surface area contributed by atoms with Crippen molar-refractivity contribution in [3.63, 3.8) is 0 Å². The summed E-state index contributed by atoms with van der Waals surface area (Å²) >= 11 is 5.90. The summed E-state index contributed by atoms with van der Waals surface area (Å²) in [6, 6.07) is 5.57. The molecule has 0 spiro atoms. The zero-order valence-corrected chi connectivity index (χ0v) is 20.0. The van der Waals surface area contributed by atoms with Gasteiger partial charge in [-0.15, -0.1) is 0 Å². The van der Waals surface area contributed by atoms with Crippen molar-refractivity contribution in [3.05, 3.63) is 34.9 Å². The van der Waals surface area contributed by atoms with Gasteiger partial charge in [0.25, 0.3) is 17.6 Å². The molecule has 0 aliphatic heterocycles. The predicted molar refractivity (Wildman–Crippen MR) is 126 cm³/mol. The SMILES string of the molecule is CCn1c(CNC(=O)c2nc(Cl)c(N)nc2N)[n+](CC(=O)NCCOC)c2ccc(OC)cc21. The van der Waals surface area contributed by atoms with Gasteiger partial charge < -0.3 is 31.6 Å². The van der Waals surface area contributed by atoms with Crippen LogP contribution in [0.3, 0.4) is 0 Å². The van der Waals surface area contributed by atoms with E-state index in [0.29, 0.717) is 31.3 Å². The highest BCUT2D eigenvalue weighted by atomic mass is 35.5. The Kier molecular flexibility index (Phi) is 8.08. The van der Waals surface area contributed by atoms with Gasteiger partial charge >= 0.3 is 0 Å². The zero-order chi connectivity index (χ0) is 24.8. The zero-order valence-electron chi connectivity index (χ0n) is 19.2. The molecular formula is C21H28ClN8O4+. The molecule has 6 N–H and O–H groups in total. The number of anilines is 2. The number of nitrogens with two attached hydrogens (primary N) is 2. The topological polar surface area (TPSA) is 163 Å². The molecule has 0 aliphatic rings. The molecule has 0 saturated heterocycles. The summed E-state index contributed by atoms with van der Waals surface area (Å²) in [7, 11) is 3.15. The number of imidazole rings is 1. The lowest BCUT2D eigenvalue weighted by atomic mass is 10.3. The van der Waals surface area contributed by atoms with Gasteiger partial charge in [0, 0.05) is 19.7 Å². The lowest BCUT2D eigenvalue weighted by molar-refractivity contribution is -0.667. The van der Waals surface area contributed by atoms with Gasteiger partial charge in [0.2, 0.25) is 0 Å². The minimum absolute atomic E-state index is 0.0421. The first-order valence-corrected chi connectivity index (χ1v) is 10.9. The maximum Gasteiger partial charge on any atom is 0.277 e. The fraction of sp³-hybridized carbons (Fsp3) is 0.381. The molecule has 0 bridgehead atoms. The van der Waals surface area contributed by atoms with Crippen molar-refractivity contribution in [1.29, 1.82) is 0 Å². The van der Waals surface area contributed by atoms with Crippen LogP contribution >= 0.6 is 11.6 Å². The summed E-state index contributed by atoms with van der Waals surface area (Å²) < 4.78 is 14.2. The Balaban J connectivity index is 1.96. The van der Waals surface area contributed by atoms with Gasteiger partial charge in [-0.25, -0.2) is 19.1 Å². The second kappa shape index (κ2) is 11.0. The Bertz CT molecular complexity index is 1210. The van der Waals surface area contributed by atoms with Crippen LogP contribution in [0, 0.1) is 0 Å². The van der Waals surface area contributed by atoms with Crippen LogP contribution in [0.25, 0.3) is 11.0 Å². The second-order valence-electron chi connectivity index (χ2n) is 7.26. The summed E-state index contributed by atoms with van der Waals surface area (Å²) in [4.78, 5) is 33.2. The van der Waals surface area contributed by atoms with Crippen molar-refractivity contribution in [1.82, 2.24) is 25.2 Å². The van der Waals surface area contributed by atoms with Crippen LogP contribution in [0.15, 0.2) is 18.2 Å². The summed E-state index contributed by atoms with van der Waals surface area (Å²) in [5.74, 6) is 0.397. The molecule has 0 fully saturated rings. The van der Waals surface area contributed by atoms with Gasteiger partial charge in [-0.1, -0.05) is 11.6 Å². The Hall–Kier alpha value is -3.64. The van der Waals surface area contributed by atoms with Crippen LogP contribution in [0.5, 0.6) is 5.75 Å². The number of amides is 2. The molecule has 182 valence electrons. The van der Waals surface area contributed by atoms with Crippen molar-refractivity contribution in [2.45, 2.75) is 26.6 Å².